The average Bonchev–Trinajstić information content (AvgIpc) is 2.32. The van der Waals surface area contributed by atoms with Crippen molar-refractivity contribution in [3.63, 3.8) is 0 Å². The van der Waals surface area contributed by atoms with Crippen LogP contribution in [-0.4, -0.2) is 14.1 Å². The van der Waals surface area contributed by atoms with E-state index in [1.54, 1.807) is 5.56 Å². The molecule has 0 saturated heterocycles. The van der Waals surface area contributed by atoms with Gasteiger partial charge in [0.2, 0.25) is 0 Å². The Balaban J connectivity index is 0.000000337. The maximum Gasteiger partial charge on any atom is -0.0162 e. The van der Waals surface area contributed by atoms with Crippen LogP contribution in [-0.2, 0) is 0 Å². The van der Waals surface area contributed by atoms with E-state index >= 15 is 0 Å². The fraction of sp³-hybridized carbons (Fsp3) is 0.571. The van der Waals surface area contributed by atoms with Crippen LogP contribution < -0.4 is 5.32 Å². The van der Waals surface area contributed by atoms with Crippen molar-refractivity contribution in [2.45, 2.75) is 38.0 Å². The molecule has 0 aliphatic heterocycles. The van der Waals surface area contributed by atoms with E-state index in [9.17, 15) is 0 Å². The fourth-order valence-electron chi connectivity index (χ4n) is 2.16. The van der Waals surface area contributed by atoms with Crippen LogP contribution in [0.5, 0.6) is 0 Å². The normalized spacial score (nSPS) is 16.7. The van der Waals surface area contributed by atoms with E-state index < -0.39 is 0 Å². The monoisotopic (exact) mass is 205 g/mol. The maximum atomic E-state index is 2.75. The van der Waals surface area contributed by atoms with Crippen molar-refractivity contribution in [3.8, 4) is 0 Å². The van der Waals surface area contributed by atoms with Crippen LogP contribution in [0.1, 0.15) is 43.6 Å². The molecule has 84 valence electrons. The third-order valence-electron chi connectivity index (χ3n) is 2.88. The lowest BCUT2D eigenvalue weighted by Crippen LogP contribution is -2.03. The molecular formula is C14H23N. The van der Waals surface area contributed by atoms with E-state index in [0.29, 0.717) is 0 Å². The first kappa shape index (κ1) is 12.3. The lowest BCUT2D eigenvalue weighted by atomic mass is 9.84. The molecule has 0 aromatic heterocycles. The number of hydrogen-bond donors (Lipinski definition) is 1. The van der Waals surface area contributed by atoms with E-state index in [1.165, 1.54) is 32.1 Å². The second kappa shape index (κ2) is 7.47. The average molecular weight is 205 g/mol. The van der Waals surface area contributed by atoms with Crippen LogP contribution in [0.15, 0.2) is 30.3 Å². The van der Waals surface area contributed by atoms with Crippen LogP contribution in [0.4, 0.5) is 0 Å². The van der Waals surface area contributed by atoms with Gasteiger partial charge in [0.05, 0.1) is 0 Å². The van der Waals surface area contributed by atoms with Crippen LogP contribution in [0.2, 0.25) is 0 Å². The summed E-state index contributed by atoms with van der Waals surface area (Å²) < 4.78 is 0. The summed E-state index contributed by atoms with van der Waals surface area (Å²) >= 11 is 0. The van der Waals surface area contributed by atoms with Crippen LogP contribution in [0.3, 0.4) is 0 Å². The first-order valence-corrected chi connectivity index (χ1v) is 6.02. The van der Waals surface area contributed by atoms with Crippen molar-refractivity contribution in [2.75, 3.05) is 14.1 Å². The van der Waals surface area contributed by atoms with Crippen molar-refractivity contribution < 1.29 is 0 Å². The van der Waals surface area contributed by atoms with E-state index in [2.05, 4.69) is 35.6 Å². The third-order valence-corrected chi connectivity index (χ3v) is 2.88. The van der Waals surface area contributed by atoms with Gasteiger partial charge < -0.3 is 5.32 Å². The molecule has 1 N–H and O–H groups in total. The molecule has 15 heavy (non-hydrogen) atoms. The van der Waals surface area contributed by atoms with Gasteiger partial charge in [0.1, 0.15) is 0 Å². The molecular weight excluding hydrogens is 182 g/mol. The molecule has 0 heterocycles. The van der Waals surface area contributed by atoms with E-state index in [0.717, 1.165) is 5.92 Å². The summed E-state index contributed by atoms with van der Waals surface area (Å²) in [7, 11) is 3.75. The fourth-order valence-corrected chi connectivity index (χ4v) is 2.16. The number of hydrogen-bond acceptors (Lipinski definition) is 1. The van der Waals surface area contributed by atoms with E-state index in [1.807, 2.05) is 14.1 Å². The number of benzene rings is 1. The Labute approximate surface area is 93.9 Å². The molecule has 1 nitrogen and oxygen atoms in total. The van der Waals surface area contributed by atoms with Crippen molar-refractivity contribution in [3.05, 3.63) is 35.9 Å². The molecule has 0 bridgehead atoms. The summed E-state index contributed by atoms with van der Waals surface area (Å²) in [5.74, 6) is 0.861. The summed E-state index contributed by atoms with van der Waals surface area (Å²) in [5.41, 5.74) is 1.55. The summed E-state index contributed by atoms with van der Waals surface area (Å²) in [6, 6.07) is 11.0. The minimum absolute atomic E-state index is 0.861. The molecule has 1 aromatic carbocycles. The Hall–Kier alpha value is -0.820. The Morgan fingerprint density at radius 1 is 0.933 bits per heavy atom. The zero-order valence-corrected chi connectivity index (χ0v) is 10.00. The Bertz CT molecular complexity index is 237. The van der Waals surface area contributed by atoms with Crippen molar-refractivity contribution in [1.29, 1.82) is 0 Å². The molecule has 0 unspecified atom stereocenters. The predicted molar refractivity (Wildman–Crippen MR) is 67.3 cm³/mol. The van der Waals surface area contributed by atoms with Crippen LogP contribution in [0.25, 0.3) is 0 Å². The van der Waals surface area contributed by atoms with Crippen molar-refractivity contribution in [1.82, 2.24) is 5.32 Å². The maximum absolute atomic E-state index is 2.75. The highest BCUT2D eigenvalue weighted by Crippen LogP contribution is 2.31. The predicted octanol–water partition coefficient (Wildman–Crippen LogP) is 3.57. The molecule has 0 atom stereocenters. The zero-order chi connectivity index (χ0) is 10.9. The molecule has 0 radical (unpaired) electrons. The lowest BCUT2D eigenvalue weighted by Gasteiger charge is -2.21. The van der Waals surface area contributed by atoms with Gasteiger partial charge in [0, 0.05) is 0 Å². The second-order valence-electron chi connectivity index (χ2n) is 4.25. The second-order valence-corrected chi connectivity index (χ2v) is 4.25. The van der Waals surface area contributed by atoms with Crippen LogP contribution >= 0.6 is 0 Å². The van der Waals surface area contributed by atoms with Gasteiger partial charge >= 0.3 is 0 Å². The number of nitrogens with one attached hydrogen (secondary N) is 1. The first-order valence-electron chi connectivity index (χ1n) is 6.02. The van der Waals surface area contributed by atoms with E-state index in [-0.39, 0.29) is 0 Å². The highest BCUT2D eigenvalue weighted by molar-refractivity contribution is 5.19. The number of rotatable bonds is 1. The van der Waals surface area contributed by atoms with Gasteiger partial charge in [-0.15, -0.1) is 0 Å². The van der Waals surface area contributed by atoms with Crippen molar-refractivity contribution >= 4 is 0 Å². The van der Waals surface area contributed by atoms with Crippen molar-refractivity contribution in [2.24, 2.45) is 0 Å². The molecule has 1 fully saturated rings. The molecule has 1 saturated carbocycles. The Morgan fingerprint density at radius 3 is 2.00 bits per heavy atom. The van der Waals surface area contributed by atoms with E-state index in [4.69, 9.17) is 0 Å². The highest BCUT2D eigenvalue weighted by Gasteiger charge is 2.14. The SMILES string of the molecule is CNC.c1ccc(C2CCCCC2)cc1. The quantitative estimate of drug-likeness (QED) is 0.739. The largest absolute Gasteiger partial charge is 0.323 e. The van der Waals surface area contributed by atoms with Gasteiger partial charge in [0.15, 0.2) is 0 Å². The van der Waals surface area contributed by atoms with Gasteiger partial charge in [-0.3, -0.25) is 0 Å². The summed E-state index contributed by atoms with van der Waals surface area (Å²) in [6.07, 6.45) is 7.12. The third kappa shape index (κ3) is 4.48. The first-order chi connectivity index (χ1) is 7.38. The standard InChI is InChI=1S/C12H16.C2H7N/c1-3-7-11(8-4-1)12-9-5-2-6-10-12;1-3-2/h1,3-4,7-8,12H,2,5-6,9-10H2;3H,1-2H3. The van der Waals surface area contributed by atoms with Gasteiger partial charge in [-0.05, 0) is 38.4 Å². The Kier molecular flexibility index (Phi) is 6.10. The molecule has 0 amide bonds. The molecule has 1 heteroatoms. The smallest absolute Gasteiger partial charge is 0.0162 e. The van der Waals surface area contributed by atoms with Gasteiger partial charge in [0.25, 0.3) is 0 Å². The van der Waals surface area contributed by atoms with Crippen LogP contribution in [0, 0.1) is 0 Å². The van der Waals surface area contributed by atoms with Gasteiger partial charge in [-0.2, -0.15) is 0 Å². The van der Waals surface area contributed by atoms with Gasteiger partial charge in [-0.1, -0.05) is 49.6 Å². The molecule has 1 aromatic rings. The molecule has 2 rings (SSSR count). The summed E-state index contributed by atoms with van der Waals surface area (Å²) in [6.45, 7) is 0. The van der Waals surface area contributed by atoms with Gasteiger partial charge in [-0.25, -0.2) is 0 Å². The molecule has 1 aliphatic rings. The Morgan fingerprint density at radius 2 is 1.47 bits per heavy atom. The highest BCUT2D eigenvalue weighted by atomic mass is 14.7. The molecule has 0 spiro atoms. The molecule has 1 aliphatic carbocycles. The lowest BCUT2D eigenvalue weighted by molar-refractivity contribution is 0.443. The minimum Gasteiger partial charge on any atom is -0.323 e. The summed E-state index contributed by atoms with van der Waals surface area (Å²) in [5, 5.41) is 2.75. The minimum atomic E-state index is 0.861. The topological polar surface area (TPSA) is 12.0 Å². The summed E-state index contributed by atoms with van der Waals surface area (Å²) in [4.78, 5) is 0. The zero-order valence-electron chi connectivity index (χ0n) is 10.00.